The second-order valence-electron chi connectivity index (χ2n) is 7.68. The van der Waals surface area contributed by atoms with Gasteiger partial charge in [0.15, 0.2) is 12.4 Å². The normalized spacial score (nSPS) is 38.7. The molecule has 124 valence electrons. The summed E-state index contributed by atoms with van der Waals surface area (Å²) in [5.41, 5.74) is -0.573. The number of carbonyl (C=O) groups excluding carboxylic acids is 2. The third-order valence-corrected chi connectivity index (χ3v) is 6.09. The molecule has 1 unspecified atom stereocenters. The second-order valence-corrected chi connectivity index (χ2v) is 8.48. The van der Waals surface area contributed by atoms with E-state index in [0.29, 0.717) is 18.3 Å². The number of esters is 1. The monoisotopic (exact) mass is 336 g/mol. The van der Waals surface area contributed by atoms with Crippen molar-refractivity contribution in [3.63, 3.8) is 0 Å². The summed E-state index contributed by atoms with van der Waals surface area (Å²) in [7, 11) is 0. The zero-order valence-electron chi connectivity index (χ0n) is 13.2. The van der Waals surface area contributed by atoms with Crippen molar-refractivity contribution in [3.05, 3.63) is 0 Å². The van der Waals surface area contributed by atoms with E-state index in [9.17, 15) is 9.59 Å². The lowest BCUT2D eigenvalue weighted by molar-refractivity contribution is -0.171. The van der Waals surface area contributed by atoms with Crippen LogP contribution in [-0.2, 0) is 14.3 Å². The van der Waals surface area contributed by atoms with E-state index >= 15 is 0 Å². The van der Waals surface area contributed by atoms with Gasteiger partial charge in [0.1, 0.15) is 5.92 Å². The molecule has 0 amide bonds. The van der Waals surface area contributed by atoms with Crippen LogP contribution in [0.1, 0.15) is 45.4 Å². The molecule has 4 saturated carbocycles. The third-order valence-electron chi connectivity index (χ3n) is 5.65. The molecule has 0 heterocycles. The van der Waals surface area contributed by atoms with Crippen LogP contribution >= 0.6 is 11.6 Å². The van der Waals surface area contributed by atoms with Gasteiger partial charge in [-0.2, -0.15) is 5.26 Å². The van der Waals surface area contributed by atoms with Crippen LogP contribution in [0.3, 0.4) is 0 Å². The van der Waals surface area contributed by atoms with Crippen molar-refractivity contribution in [2.75, 3.05) is 6.61 Å². The second kappa shape index (κ2) is 5.59. The fourth-order valence-electron chi connectivity index (χ4n) is 5.17. The van der Waals surface area contributed by atoms with Gasteiger partial charge in [-0.3, -0.25) is 9.59 Å². The van der Waals surface area contributed by atoms with Crippen LogP contribution in [0.5, 0.6) is 0 Å². The standard InChI is InChI=1S/C17H21ClN2O3/c1-10(20)13(7-19)14(21)8-23-15(22)16-3-11-2-12(4-16)6-17(18,5-11)9-16/h11-13,20H,2-6,8-9H2,1H3/t11-,12-,13?,16?,17?/m0/s1. The van der Waals surface area contributed by atoms with Gasteiger partial charge in [-0.15, -0.1) is 11.6 Å². The van der Waals surface area contributed by atoms with Crippen molar-refractivity contribution in [2.45, 2.75) is 50.3 Å². The van der Waals surface area contributed by atoms with E-state index in [4.69, 9.17) is 27.0 Å². The highest BCUT2D eigenvalue weighted by Gasteiger charge is 2.60. The molecule has 4 aliphatic carbocycles. The molecular formula is C17H21ClN2O3. The summed E-state index contributed by atoms with van der Waals surface area (Å²) in [6.07, 6.45) is 5.33. The Morgan fingerprint density at radius 2 is 1.96 bits per heavy atom. The summed E-state index contributed by atoms with van der Waals surface area (Å²) < 4.78 is 5.27. The van der Waals surface area contributed by atoms with Crippen LogP contribution < -0.4 is 0 Å². The first-order chi connectivity index (χ1) is 10.8. The Morgan fingerprint density at radius 1 is 1.35 bits per heavy atom. The Kier molecular flexibility index (Phi) is 4.00. The van der Waals surface area contributed by atoms with Crippen molar-refractivity contribution < 1.29 is 14.3 Å². The van der Waals surface area contributed by atoms with E-state index in [0.717, 1.165) is 32.1 Å². The van der Waals surface area contributed by atoms with E-state index in [2.05, 4.69) is 0 Å². The number of nitrogens with one attached hydrogen (secondary N) is 1. The molecule has 0 aliphatic heterocycles. The van der Waals surface area contributed by atoms with Gasteiger partial charge in [0.25, 0.3) is 0 Å². The van der Waals surface area contributed by atoms with Crippen LogP contribution in [0.4, 0.5) is 0 Å². The molecule has 0 radical (unpaired) electrons. The van der Waals surface area contributed by atoms with E-state index < -0.39 is 23.7 Å². The SMILES string of the molecule is CC(=N)C(C#N)C(=O)COC(=O)C12C[C@@H]3C[C@H](CC(Cl)(C3)C1)C2. The van der Waals surface area contributed by atoms with E-state index in [1.807, 2.05) is 0 Å². The minimum Gasteiger partial charge on any atom is -0.457 e. The number of Topliss-reactive ketones (excluding diaryl/α,β-unsaturated/α-hetero) is 1. The average Bonchev–Trinajstić information content (AvgIpc) is 2.42. The van der Waals surface area contributed by atoms with Gasteiger partial charge in [-0.25, -0.2) is 0 Å². The number of alkyl halides is 1. The molecule has 4 rings (SSSR count). The lowest BCUT2D eigenvalue weighted by atomic mass is 9.49. The third kappa shape index (κ3) is 2.89. The predicted octanol–water partition coefficient (Wildman–Crippen LogP) is 2.86. The van der Waals surface area contributed by atoms with Gasteiger partial charge >= 0.3 is 5.97 Å². The van der Waals surface area contributed by atoms with E-state index in [1.165, 1.54) is 6.92 Å². The molecule has 4 aliphatic rings. The smallest absolute Gasteiger partial charge is 0.312 e. The summed E-state index contributed by atoms with van der Waals surface area (Å²) in [5, 5.41) is 16.4. The number of halogens is 1. The molecule has 5 nitrogen and oxygen atoms in total. The first-order valence-corrected chi connectivity index (χ1v) is 8.48. The van der Waals surface area contributed by atoms with Gasteiger partial charge in [0.05, 0.1) is 11.5 Å². The molecule has 0 spiro atoms. The maximum atomic E-state index is 12.7. The number of hydrogen-bond donors (Lipinski definition) is 1. The topological polar surface area (TPSA) is 91.0 Å². The largest absolute Gasteiger partial charge is 0.457 e. The van der Waals surface area contributed by atoms with E-state index in [-0.39, 0.29) is 16.6 Å². The van der Waals surface area contributed by atoms with Crippen molar-refractivity contribution in [3.8, 4) is 6.07 Å². The maximum Gasteiger partial charge on any atom is 0.312 e. The molecule has 0 aromatic heterocycles. The molecule has 3 atom stereocenters. The zero-order chi connectivity index (χ0) is 16.8. The molecule has 23 heavy (non-hydrogen) atoms. The van der Waals surface area contributed by atoms with Crippen LogP contribution in [0.15, 0.2) is 0 Å². The number of carbonyl (C=O) groups is 2. The highest BCUT2D eigenvalue weighted by atomic mass is 35.5. The number of ketones is 1. The lowest BCUT2D eigenvalue weighted by Gasteiger charge is -2.58. The Balaban J connectivity index is 1.66. The molecule has 0 aromatic carbocycles. The van der Waals surface area contributed by atoms with Crippen molar-refractivity contribution in [1.82, 2.24) is 0 Å². The summed E-state index contributed by atoms with van der Waals surface area (Å²) in [6.45, 7) is 0.976. The number of hydrogen-bond acceptors (Lipinski definition) is 5. The van der Waals surface area contributed by atoms with Gasteiger partial charge in [0.2, 0.25) is 0 Å². The molecule has 4 fully saturated rings. The van der Waals surface area contributed by atoms with Gasteiger partial charge < -0.3 is 10.1 Å². The minimum atomic E-state index is -1.13. The molecular weight excluding hydrogens is 316 g/mol. The highest BCUT2D eigenvalue weighted by molar-refractivity contribution is 6.24. The van der Waals surface area contributed by atoms with E-state index in [1.54, 1.807) is 6.07 Å². The molecule has 0 saturated heterocycles. The fourth-order valence-corrected chi connectivity index (χ4v) is 5.87. The average molecular weight is 337 g/mol. The first kappa shape index (κ1) is 16.4. The summed E-state index contributed by atoms with van der Waals surface area (Å²) in [5.74, 6) is -1.04. The number of rotatable bonds is 5. The van der Waals surface area contributed by atoms with Crippen LogP contribution in [0.2, 0.25) is 0 Å². The van der Waals surface area contributed by atoms with Crippen molar-refractivity contribution in [2.24, 2.45) is 23.2 Å². The Labute approximate surface area is 140 Å². The fraction of sp³-hybridized carbons (Fsp3) is 0.765. The Bertz CT molecular complexity index is 595. The van der Waals surface area contributed by atoms with Crippen molar-refractivity contribution in [1.29, 1.82) is 10.7 Å². The maximum absolute atomic E-state index is 12.7. The summed E-state index contributed by atoms with van der Waals surface area (Å²) >= 11 is 6.70. The summed E-state index contributed by atoms with van der Waals surface area (Å²) in [4.78, 5) is 24.3. The predicted molar refractivity (Wildman–Crippen MR) is 84.2 cm³/mol. The number of nitrogens with zero attached hydrogens (tertiary/aromatic N) is 1. The van der Waals surface area contributed by atoms with Gasteiger partial charge in [-0.1, -0.05) is 0 Å². The van der Waals surface area contributed by atoms with Crippen molar-refractivity contribution >= 4 is 29.1 Å². The molecule has 4 bridgehead atoms. The quantitative estimate of drug-likeness (QED) is 0.474. The lowest BCUT2D eigenvalue weighted by Crippen LogP contribution is -2.56. The van der Waals surface area contributed by atoms with Gasteiger partial charge in [0, 0.05) is 10.6 Å². The molecule has 1 N–H and O–H groups in total. The molecule has 0 aromatic rings. The highest BCUT2D eigenvalue weighted by Crippen LogP contribution is 2.64. The number of ether oxygens (including phenoxy) is 1. The van der Waals surface area contributed by atoms with Crippen LogP contribution in [0, 0.1) is 39.9 Å². The minimum absolute atomic E-state index is 0.0249. The van der Waals surface area contributed by atoms with Gasteiger partial charge in [-0.05, 0) is 57.3 Å². The molecule has 6 heteroatoms. The van der Waals surface area contributed by atoms with Crippen LogP contribution in [-0.4, -0.2) is 28.9 Å². The zero-order valence-corrected chi connectivity index (χ0v) is 14.0. The first-order valence-electron chi connectivity index (χ1n) is 8.10. The van der Waals surface area contributed by atoms with Crippen LogP contribution in [0.25, 0.3) is 0 Å². The number of nitriles is 1. The summed E-state index contributed by atoms with van der Waals surface area (Å²) in [6, 6.07) is 1.78. The Hall–Kier alpha value is -1.41. The Morgan fingerprint density at radius 3 is 2.43 bits per heavy atom.